The molecule has 1 aromatic heterocycles. The van der Waals surface area contributed by atoms with Crippen molar-refractivity contribution in [1.29, 1.82) is 0 Å². The van der Waals surface area contributed by atoms with Crippen LogP contribution < -0.4 is 20.1 Å². The number of anilines is 2. The first-order chi connectivity index (χ1) is 12.1. The highest BCUT2D eigenvalue weighted by atomic mass is 16.7. The molecular weight excluding hydrogens is 320 g/mol. The highest BCUT2D eigenvalue weighted by molar-refractivity contribution is 6.00. The maximum atomic E-state index is 12.2. The zero-order chi connectivity index (χ0) is 17.4. The van der Waals surface area contributed by atoms with Crippen LogP contribution in [0.3, 0.4) is 0 Å². The molecule has 4 rings (SSSR count). The Bertz CT molecular complexity index is 987. The van der Waals surface area contributed by atoms with Crippen molar-refractivity contribution in [3.63, 3.8) is 0 Å². The third kappa shape index (κ3) is 3.03. The van der Waals surface area contributed by atoms with E-state index < -0.39 is 0 Å². The van der Waals surface area contributed by atoms with Gasteiger partial charge in [-0.3, -0.25) is 0 Å². The first-order valence-corrected chi connectivity index (χ1v) is 7.81. The average Bonchev–Trinajstić information content (AvgIpc) is 3.04. The topological polar surface area (TPSA) is 85.4 Å². The van der Waals surface area contributed by atoms with Crippen molar-refractivity contribution in [3.8, 4) is 11.5 Å². The van der Waals surface area contributed by atoms with Gasteiger partial charge in [-0.05, 0) is 44.2 Å². The molecule has 0 fully saturated rings. The molecule has 7 nitrogen and oxygen atoms in total. The summed E-state index contributed by atoms with van der Waals surface area (Å²) in [6, 6.07) is 10.3. The van der Waals surface area contributed by atoms with Crippen LogP contribution in [0.2, 0.25) is 0 Å². The number of rotatable bonds is 2. The van der Waals surface area contributed by atoms with E-state index in [4.69, 9.17) is 9.47 Å². The first-order valence-electron chi connectivity index (χ1n) is 7.81. The van der Waals surface area contributed by atoms with E-state index in [0.29, 0.717) is 22.9 Å². The molecule has 2 N–H and O–H groups in total. The molecule has 0 atom stereocenters. The summed E-state index contributed by atoms with van der Waals surface area (Å²) in [5.41, 5.74) is 4.56. The van der Waals surface area contributed by atoms with E-state index >= 15 is 0 Å². The van der Waals surface area contributed by atoms with Gasteiger partial charge in [0.2, 0.25) is 6.79 Å². The average molecular weight is 336 g/mol. The second-order valence-corrected chi connectivity index (χ2v) is 5.75. The summed E-state index contributed by atoms with van der Waals surface area (Å²) in [7, 11) is 0. The summed E-state index contributed by atoms with van der Waals surface area (Å²) < 4.78 is 10.5. The van der Waals surface area contributed by atoms with Gasteiger partial charge in [-0.25, -0.2) is 14.8 Å². The number of nitrogens with zero attached hydrogens (tertiary/aromatic N) is 2. The molecule has 0 saturated carbocycles. The van der Waals surface area contributed by atoms with Crippen LogP contribution in [0, 0.1) is 13.8 Å². The van der Waals surface area contributed by atoms with E-state index in [2.05, 4.69) is 20.6 Å². The lowest BCUT2D eigenvalue weighted by Gasteiger charge is -2.09. The third-order valence-electron chi connectivity index (χ3n) is 3.96. The van der Waals surface area contributed by atoms with Crippen LogP contribution in [0.1, 0.15) is 11.4 Å². The lowest BCUT2D eigenvalue weighted by Crippen LogP contribution is -2.19. The second kappa shape index (κ2) is 5.94. The summed E-state index contributed by atoms with van der Waals surface area (Å²) in [5, 5.41) is 5.56. The number of urea groups is 1. The van der Waals surface area contributed by atoms with Gasteiger partial charge in [0.1, 0.15) is 0 Å². The van der Waals surface area contributed by atoms with Gasteiger partial charge < -0.3 is 20.1 Å². The van der Waals surface area contributed by atoms with Gasteiger partial charge in [0, 0.05) is 17.4 Å². The maximum Gasteiger partial charge on any atom is 0.323 e. The monoisotopic (exact) mass is 336 g/mol. The molecule has 1 aliphatic rings. The van der Waals surface area contributed by atoms with Crippen LogP contribution in [0.5, 0.6) is 11.5 Å². The molecule has 2 heterocycles. The Balaban J connectivity index is 1.50. The Kier molecular flexibility index (Phi) is 3.61. The van der Waals surface area contributed by atoms with E-state index in [0.717, 1.165) is 22.4 Å². The molecule has 3 aromatic rings. The van der Waals surface area contributed by atoms with Crippen LogP contribution >= 0.6 is 0 Å². The van der Waals surface area contributed by atoms with Crippen molar-refractivity contribution in [3.05, 3.63) is 47.8 Å². The Morgan fingerprint density at radius 1 is 0.880 bits per heavy atom. The number of amides is 2. The van der Waals surface area contributed by atoms with Crippen molar-refractivity contribution in [2.45, 2.75) is 13.8 Å². The summed E-state index contributed by atoms with van der Waals surface area (Å²) in [6.07, 6.45) is 0. The standard InChI is InChI=1S/C18H16N4O3/c1-10-11(2)20-15-7-12(3-5-14(15)19-10)21-18(23)22-13-4-6-16-17(8-13)25-9-24-16/h3-8H,9H2,1-2H3,(H2,21,22,23). The molecule has 0 bridgehead atoms. The molecule has 7 heteroatoms. The van der Waals surface area contributed by atoms with Gasteiger partial charge in [0.25, 0.3) is 0 Å². The molecule has 25 heavy (non-hydrogen) atoms. The van der Waals surface area contributed by atoms with Gasteiger partial charge in [-0.15, -0.1) is 0 Å². The summed E-state index contributed by atoms with van der Waals surface area (Å²) in [6.45, 7) is 4.03. The number of nitrogens with one attached hydrogen (secondary N) is 2. The normalized spacial score (nSPS) is 12.2. The van der Waals surface area contributed by atoms with E-state index in [-0.39, 0.29) is 12.8 Å². The highest BCUT2D eigenvalue weighted by Gasteiger charge is 2.14. The van der Waals surface area contributed by atoms with Crippen molar-refractivity contribution in [2.24, 2.45) is 0 Å². The fourth-order valence-corrected chi connectivity index (χ4v) is 2.58. The second-order valence-electron chi connectivity index (χ2n) is 5.75. The number of benzene rings is 2. The van der Waals surface area contributed by atoms with Crippen LogP contribution in [0.15, 0.2) is 36.4 Å². The van der Waals surface area contributed by atoms with Crippen molar-refractivity contribution >= 4 is 28.4 Å². The van der Waals surface area contributed by atoms with Crippen LogP contribution in [0.25, 0.3) is 11.0 Å². The predicted molar refractivity (Wildman–Crippen MR) is 94.2 cm³/mol. The molecule has 2 aromatic carbocycles. The summed E-state index contributed by atoms with van der Waals surface area (Å²) in [4.78, 5) is 21.2. The fourth-order valence-electron chi connectivity index (χ4n) is 2.58. The number of hydrogen-bond acceptors (Lipinski definition) is 5. The molecule has 126 valence electrons. The Hall–Kier alpha value is -3.35. The lowest BCUT2D eigenvalue weighted by molar-refractivity contribution is 0.174. The Labute approximate surface area is 144 Å². The van der Waals surface area contributed by atoms with Crippen molar-refractivity contribution in [2.75, 3.05) is 17.4 Å². The van der Waals surface area contributed by atoms with Gasteiger partial charge >= 0.3 is 6.03 Å². The number of carbonyl (C=O) groups is 1. The smallest absolute Gasteiger partial charge is 0.323 e. The number of ether oxygens (including phenoxy) is 2. The Morgan fingerprint density at radius 3 is 2.32 bits per heavy atom. The quantitative estimate of drug-likeness (QED) is 0.746. The van der Waals surface area contributed by atoms with E-state index in [1.165, 1.54) is 0 Å². The van der Waals surface area contributed by atoms with E-state index in [1.807, 2.05) is 19.9 Å². The molecule has 2 amide bonds. The van der Waals surface area contributed by atoms with Crippen LogP contribution in [-0.4, -0.2) is 22.8 Å². The summed E-state index contributed by atoms with van der Waals surface area (Å²) >= 11 is 0. The highest BCUT2D eigenvalue weighted by Crippen LogP contribution is 2.34. The maximum absolute atomic E-state index is 12.2. The fraction of sp³-hybridized carbons (Fsp3) is 0.167. The predicted octanol–water partition coefficient (Wildman–Crippen LogP) is 3.62. The molecule has 0 aliphatic carbocycles. The number of aromatic nitrogens is 2. The molecule has 0 unspecified atom stereocenters. The zero-order valence-electron chi connectivity index (χ0n) is 13.8. The molecule has 0 saturated heterocycles. The van der Waals surface area contributed by atoms with Crippen molar-refractivity contribution in [1.82, 2.24) is 9.97 Å². The number of aryl methyl sites for hydroxylation is 2. The SMILES string of the molecule is Cc1nc2ccc(NC(=O)Nc3ccc4c(c3)OCO4)cc2nc1C. The van der Waals surface area contributed by atoms with E-state index in [1.54, 1.807) is 30.3 Å². The van der Waals surface area contributed by atoms with Crippen molar-refractivity contribution < 1.29 is 14.3 Å². The van der Waals surface area contributed by atoms with Gasteiger partial charge in [-0.2, -0.15) is 0 Å². The minimum atomic E-state index is -0.352. The largest absolute Gasteiger partial charge is 0.454 e. The van der Waals surface area contributed by atoms with Crippen LogP contribution in [0.4, 0.5) is 16.2 Å². The number of hydrogen-bond donors (Lipinski definition) is 2. The minimum absolute atomic E-state index is 0.196. The lowest BCUT2D eigenvalue weighted by atomic mass is 10.2. The Morgan fingerprint density at radius 2 is 1.52 bits per heavy atom. The van der Waals surface area contributed by atoms with Crippen LogP contribution in [-0.2, 0) is 0 Å². The number of fused-ring (bicyclic) bond motifs is 2. The molecular formula is C18H16N4O3. The first kappa shape index (κ1) is 15.2. The van der Waals surface area contributed by atoms with Gasteiger partial charge in [0.15, 0.2) is 11.5 Å². The van der Waals surface area contributed by atoms with Gasteiger partial charge in [0.05, 0.1) is 22.4 Å². The minimum Gasteiger partial charge on any atom is -0.454 e. The molecule has 0 spiro atoms. The molecule has 0 radical (unpaired) electrons. The van der Waals surface area contributed by atoms with Gasteiger partial charge in [-0.1, -0.05) is 0 Å². The van der Waals surface area contributed by atoms with E-state index in [9.17, 15) is 4.79 Å². The third-order valence-corrected chi connectivity index (χ3v) is 3.96. The number of carbonyl (C=O) groups excluding carboxylic acids is 1. The molecule has 1 aliphatic heterocycles. The zero-order valence-corrected chi connectivity index (χ0v) is 13.8. The summed E-state index contributed by atoms with van der Waals surface area (Å²) in [5.74, 6) is 1.29.